The van der Waals surface area contributed by atoms with Gasteiger partial charge in [0.05, 0.1) is 0 Å². The van der Waals surface area contributed by atoms with Gasteiger partial charge in [-0.2, -0.15) is 0 Å². The Hall–Kier alpha value is 0.500. The highest BCUT2D eigenvalue weighted by Crippen LogP contribution is 2.29. The average Bonchev–Trinajstić information content (AvgIpc) is 2.46. The molecule has 0 aliphatic heterocycles. The van der Waals surface area contributed by atoms with E-state index in [1.54, 1.807) is 0 Å². The molecule has 0 fully saturated rings. The monoisotopic (exact) mass is 352 g/mol. The van der Waals surface area contributed by atoms with Crippen LogP contribution in [0.3, 0.4) is 0 Å². The van der Waals surface area contributed by atoms with Crippen molar-refractivity contribution in [3.8, 4) is 0 Å². The summed E-state index contributed by atoms with van der Waals surface area (Å²) in [6.07, 6.45) is 0. The van der Waals surface area contributed by atoms with E-state index in [9.17, 15) is 0 Å². The Balaban J connectivity index is 2.90. The second-order valence-electron chi connectivity index (χ2n) is 4.70. The van der Waals surface area contributed by atoms with Gasteiger partial charge in [0, 0.05) is 21.2 Å². The molecule has 20 heavy (non-hydrogen) atoms. The first-order valence-electron chi connectivity index (χ1n) is 7.30. The van der Waals surface area contributed by atoms with Gasteiger partial charge in [-0.05, 0) is 61.6 Å². The summed E-state index contributed by atoms with van der Waals surface area (Å²) in [5, 5.41) is 1.80. The normalized spacial score (nSPS) is 11.6. The van der Waals surface area contributed by atoms with E-state index in [0.29, 0.717) is 21.8 Å². The largest absolute Gasteiger partial charge is 0.134 e. The van der Waals surface area contributed by atoms with Crippen molar-refractivity contribution >= 4 is 45.0 Å². The van der Waals surface area contributed by atoms with Crippen LogP contribution >= 0.6 is 23.2 Å². The number of hydrogen-bond acceptors (Lipinski definition) is 0. The van der Waals surface area contributed by atoms with Crippen molar-refractivity contribution in [2.75, 3.05) is 23.0 Å². The Morgan fingerprint density at radius 3 is 1.25 bits per heavy atom. The standard InChI is InChI=1S/C16H26Cl2S2/c1-5-19(6-2)11-13-9-16(18)14(10-15(13)17)12-20(7-3)8-4/h9-10H,5-8,11-12H2,1-4H3/q+2. The zero-order chi connectivity index (χ0) is 15.1. The Labute approximate surface area is 140 Å². The quantitative estimate of drug-likeness (QED) is 0.556. The van der Waals surface area contributed by atoms with Crippen molar-refractivity contribution < 1.29 is 0 Å². The van der Waals surface area contributed by atoms with Crippen molar-refractivity contribution in [2.24, 2.45) is 0 Å². The Morgan fingerprint density at radius 2 is 1.00 bits per heavy atom. The third-order valence-electron chi connectivity index (χ3n) is 3.57. The van der Waals surface area contributed by atoms with Gasteiger partial charge in [-0.25, -0.2) is 0 Å². The molecule has 0 unspecified atom stereocenters. The molecule has 1 aromatic rings. The highest BCUT2D eigenvalue weighted by molar-refractivity contribution is 7.96. The fourth-order valence-corrected chi connectivity index (χ4v) is 5.76. The maximum Gasteiger partial charge on any atom is 0.134 e. The summed E-state index contributed by atoms with van der Waals surface area (Å²) in [5.74, 6) is 7.03. The predicted octanol–water partition coefficient (Wildman–Crippen LogP) is 5.31. The molecule has 1 aromatic carbocycles. The lowest BCUT2D eigenvalue weighted by atomic mass is 10.2. The fraction of sp³-hybridized carbons (Fsp3) is 0.625. The van der Waals surface area contributed by atoms with Gasteiger partial charge in [0.25, 0.3) is 0 Å². The topological polar surface area (TPSA) is 0 Å². The molecule has 0 saturated heterocycles. The first kappa shape index (κ1) is 18.5. The van der Waals surface area contributed by atoms with E-state index >= 15 is 0 Å². The van der Waals surface area contributed by atoms with Gasteiger partial charge >= 0.3 is 0 Å². The Bertz CT molecular complexity index is 373. The first-order chi connectivity index (χ1) is 9.55. The van der Waals surface area contributed by atoms with Gasteiger partial charge < -0.3 is 0 Å². The van der Waals surface area contributed by atoms with E-state index < -0.39 is 0 Å². The predicted molar refractivity (Wildman–Crippen MR) is 101 cm³/mol. The molecule has 4 heteroatoms. The second kappa shape index (κ2) is 9.50. The minimum absolute atomic E-state index is 0.430. The van der Waals surface area contributed by atoms with Gasteiger partial charge in [0.1, 0.15) is 34.5 Å². The summed E-state index contributed by atoms with van der Waals surface area (Å²) in [4.78, 5) is 0. The molecule has 0 atom stereocenters. The van der Waals surface area contributed by atoms with Crippen molar-refractivity contribution in [1.82, 2.24) is 0 Å². The molecular weight excluding hydrogens is 327 g/mol. The van der Waals surface area contributed by atoms with Crippen LogP contribution < -0.4 is 0 Å². The van der Waals surface area contributed by atoms with Crippen LogP contribution in [-0.4, -0.2) is 23.0 Å². The van der Waals surface area contributed by atoms with Crippen molar-refractivity contribution in [1.29, 1.82) is 0 Å². The molecule has 0 N–H and O–H groups in total. The van der Waals surface area contributed by atoms with Gasteiger partial charge in [0.15, 0.2) is 0 Å². The summed E-state index contributed by atoms with van der Waals surface area (Å²) >= 11 is 13.0. The molecular formula is C16H26Cl2S2+2. The van der Waals surface area contributed by atoms with Crippen molar-refractivity contribution in [3.63, 3.8) is 0 Å². The molecule has 0 radical (unpaired) electrons. The van der Waals surface area contributed by atoms with Crippen LogP contribution in [0.15, 0.2) is 12.1 Å². The Kier molecular flexibility index (Phi) is 8.81. The minimum Gasteiger partial charge on any atom is -0.0838 e. The summed E-state index contributed by atoms with van der Waals surface area (Å²) < 4.78 is 0. The van der Waals surface area contributed by atoms with Crippen molar-refractivity contribution in [3.05, 3.63) is 33.3 Å². The van der Waals surface area contributed by atoms with Crippen LogP contribution in [0.2, 0.25) is 10.0 Å². The van der Waals surface area contributed by atoms with Gasteiger partial charge in [-0.15, -0.1) is 0 Å². The van der Waals surface area contributed by atoms with Gasteiger partial charge in [-0.3, -0.25) is 0 Å². The summed E-state index contributed by atoms with van der Waals surface area (Å²) in [6.45, 7) is 9.02. The van der Waals surface area contributed by atoms with Gasteiger partial charge in [0.2, 0.25) is 0 Å². The number of halogens is 2. The molecule has 114 valence electrons. The smallest absolute Gasteiger partial charge is 0.0838 e. The second-order valence-corrected chi connectivity index (χ2v) is 10.9. The number of rotatable bonds is 8. The van der Waals surface area contributed by atoms with E-state index in [0.717, 1.165) is 21.6 Å². The number of hydrogen-bond donors (Lipinski definition) is 0. The molecule has 0 aliphatic rings. The highest BCUT2D eigenvalue weighted by Gasteiger charge is 2.20. The van der Waals surface area contributed by atoms with E-state index in [2.05, 4.69) is 39.8 Å². The van der Waals surface area contributed by atoms with Crippen molar-refractivity contribution in [2.45, 2.75) is 39.2 Å². The maximum absolute atomic E-state index is 6.48. The highest BCUT2D eigenvalue weighted by atomic mass is 35.5. The summed E-state index contributed by atoms with van der Waals surface area (Å²) in [5.41, 5.74) is 2.45. The zero-order valence-corrected chi connectivity index (χ0v) is 16.1. The van der Waals surface area contributed by atoms with Crippen LogP contribution in [0.1, 0.15) is 38.8 Å². The maximum atomic E-state index is 6.48. The SMILES string of the molecule is CC[S+](CC)Cc1cc(Cl)c(C[S+](CC)CC)cc1Cl. The average molecular weight is 353 g/mol. The molecule has 0 saturated carbocycles. The summed E-state index contributed by atoms with van der Waals surface area (Å²) in [7, 11) is 0.860. The van der Waals surface area contributed by atoms with E-state index in [1.807, 2.05) is 0 Å². The summed E-state index contributed by atoms with van der Waals surface area (Å²) in [6, 6.07) is 4.22. The third kappa shape index (κ3) is 5.36. The molecule has 0 aliphatic carbocycles. The van der Waals surface area contributed by atoms with Gasteiger partial charge in [-0.1, -0.05) is 23.2 Å². The molecule has 1 rings (SSSR count). The molecule has 0 heterocycles. The van der Waals surface area contributed by atoms with Crippen LogP contribution in [0.25, 0.3) is 0 Å². The van der Waals surface area contributed by atoms with Crippen LogP contribution in [0, 0.1) is 0 Å². The van der Waals surface area contributed by atoms with E-state index in [-0.39, 0.29) is 0 Å². The lowest BCUT2D eigenvalue weighted by molar-refractivity contribution is 1.29. The molecule has 0 aromatic heterocycles. The van der Waals surface area contributed by atoms with E-state index in [4.69, 9.17) is 23.2 Å². The molecule has 0 amide bonds. The van der Waals surface area contributed by atoms with Crippen LogP contribution in [0.5, 0.6) is 0 Å². The van der Waals surface area contributed by atoms with Crippen LogP contribution in [0.4, 0.5) is 0 Å². The van der Waals surface area contributed by atoms with E-state index in [1.165, 1.54) is 34.1 Å². The molecule has 0 bridgehead atoms. The zero-order valence-electron chi connectivity index (χ0n) is 13.0. The lowest BCUT2D eigenvalue weighted by Gasteiger charge is -2.11. The first-order valence-corrected chi connectivity index (χ1v) is 11.5. The Morgan fingerprint density at radius 1 is 0.700 bits per heavy atom. The lowest BCUT2D eigenvalue weighted by Crippen LogP contribution is -2.13. The minimum atomic E-state index is 0.430. The fourth-order valence-electron chi connectivity index (χ4n) is 2.11. The van der Waals surface area contributed by atoms with Crippen LogP contribution in [-0.2, 0) is 33.3 Å². The molecule has 0 nitrogen and oxygen atoms in total. The number of benzene rings is 1. The third-order valence-corrected chi connectivity index (χ3v) is 8.98. The molecule has 0 spiro atoms.